The lowest BCUT2D eigenvalue weighted by atomic mass is 9.85. The van der Waals surface area contributed by atoms with Crippen molar-refractivity contribution in [3.63, 3.8) is 0 Å². The summed E-state index contributed by atoms with van der Waals surface area (Å²) in [4.78, 5) is 35.9. The van der Waals surface area contributed by atoms with E-state index < -0.39 is 65.5 Å². The van der Waals surface area contributed by atoms with Gasteiger partial charge in [0.2, 0.25) is 12.0 Å². The Hall–Kier alpha value is -3.35. The van der Waals surface area contributed by atoms with Gasteiger partial charge in [-0.3, -0.25) is 9.59 Å². The van der Waals surface area contributed by atoms with Crippen LogP contribution in [0.5, 0.6) is 5.75 Å². The molecular formula is C20H19F5N3O5+. The summed E-state index contributed by atoms with van der Waals surface area (Å²) in [5.41, 5.74) is 2.04. The van der Waals surface area contributed by atoms with Crippen LogP contribution in [-0.4, -0.2) is 47.6 Å². The van der Waals surface area contributed by atoms with Crippen LogP contribution in [0.1, 0.15) is 24.8 Å². The van der Waals surface area contributed by atoms with E-state index in [1.54, 1.807) is 0 Å². The van der Waals surface area contributed by atoms with Gasteiger partial charge in [0, 0.05) is 33.3 Å². The molecule has 1 saturated heterocycles. The summed E-state index contributed by atoms with van der Waals surface area (Å²) in [6.07, 6.45) is -4.47. The Labute approximate surface area is 183 Å². The summed E-state index contributed by atoms with van der Waals surface area (Å²) >= 11 is 0. The molecule has 1 aromatic rings. The Morgan fingerprint density at radius 2 is 1.97 bits per heavy atom. The second-order valence-corrected chi connectivity index (χ2v) is 7.70. The summed E-state index contributed by atoms with van der Waals surface area (Å²) in [7, 11) is 1.01. The summed E-state index contributed by atoms with van der Waals surface area (Å²) in [6.45, 7) is 0.734. The van der Waals surface area contributed by atoms with Gasteiger partial charge in [-0.05, 0) is 19.4 Å². The third-order valence-corrected chi connectivity index (χ3v) is 5.48. The summed E-state index contributed by atoms with van der Waals surface area (Å²) in [6, 6.07) is 0.279. The van der Waals surface area contributed by atoms with Gasteiger partial charge in [-0.2, -0.15) is 17.6 Å². The lowest BCUT2D eigenvalue weighted by molar-refractivity contribution is -0.495. The van der Waals surface area contributed by atoms with Gasteiger partial charge in [0.05, 0.1) is 12.8 Å². The SMILES string of the molecule is COc1c([C@H]2C[C@](C)(C(F)(F)F)OC2C(=O)NC2=C[C@H](C(N)=O)[N+](=O)C=C2)ccc(F)c1F. The number of hydrogen-bond acceptors (Lipinski definition) is 5. The predicted molar refractivity (Wildman–Crippen MR) is 102 cm³/mol. The van der Waals surface area contributed by atoms with E-state index in [0.717, 1.165) is 38.5 Å². The van der Waals surface area contributed by atoms with Crippen molar-refractivity contribution in [1.29, 1.82) is 0 Å². The lowest BCUT2D eigenvalue weighted by Crippen LogP contribution is -2.45. The van der Waals surface area contributed by atoms with Crippen molar-refractivity contribution in [3.05, 3.63) is 58.3 Å². The molecule has 0 saturated carbocycles. The van der Waals surface area contributed by atoms with E-state index >= 15 is 0 Å². The zero-order chi connectivity index (χ0) is 24.7. The van der Waals surface area contributed by atoms with Crippen molar-refractivity contribution in [3.8, 4) is 5.75 Å². The van der Waals surface area contributed by atoms with Crippen LogP contribution in [0.25, 0.3) is 0 Å². The van der Waals surface area contributed by atoms with Gasteiger partial charge in [0.25, 0.3) is 11.8 Å². The molecule has 1 unspecified atom stereocenters. The molecule has 33 heavy (non-hydrogen) atoms. The van der Waals surface area contributed by atoms with Gasteiger partial charge < -0.3 is 20.5 Å². The maximum atomic E-state index is 14.2. The number of hydrogen-bond donors (Lipinski definition) is 2. The number of nitroso groups, excluding NO2 is 1. The number of carbonyl (C=O) groups excluding carboxylic acids is 2. The molecule has 1 fully saturated rings. The van der Waals surface area contributed by atoms with Gasteiger partial charge >= 0.3 is 12.2 Å². The molecule has 0 radical (unpaired) electrons. The number of amides is 2. The number of methoxy groups -OCH3 is 1. The first kappa shape index (κ1) is 24.3. The fourth-order valence-electron chi connectivity index (χ4n) is 3.73. The summed E-state index contributed by atoms with van der Waals surface area (Å²) < 4.78 is 79.2. The van der Waals surface area contributed by atoms with Gasteiger partial charge in [-0.25, -0.2) is 4.39 Å². The summed E-state index contributed by atoms with van der Waals surface area (Å²) in [5.74, 6) is -6.83. The molecule has 13 heteroatoms. The van der Waals surface area contributed by atoms with Crippen LogP contribution in [0.15, 0.2) is 36.2 Å². The molecule has 2 aliphatic rings. The maximum absolute atomic E-state index is 14.2. The molecule has 1 aromatic carbocycles. The fourth-order valence-corrected chi connectivity index (χ4v) is 3.73. The Morgan fingerprint density at radius 1 is 1.30 bits per heavy atom. The minimum absolute atomic E-state index is 0.0869. The highest BCUT2D eigenvalue weighted by atomic mass is 19.4. The number of benzene rings is 1. The highest BCUT2D eigenvalue weighted by Crippen LogP contribution is 2.51. The zero-order valence-corrected chi connectivity index (χ0v) is 17.3. The second-order valence-electron chi connectivity index (χ2n) is 7.70. The molecule has 8 nitrogen and oxygen atoms in total. The number of ether oxygens (including phenoxy) is 2. The number of alkyl halides is 3. The molecule has 2 aliphatic heterocycles. The molecule has 3 rings (SSSR count). The van der Waals surface area contributed by atoms with Crippen molar-refractivity contribution in [1.82, 2.24) is 5.32 Å². The van der Waals surface area contributed by atoms with Crippen LogP contribution in [-0.2, 0) is 14.3 Å². The van der Waals surface area contributed by atoms with Gasteiger partial charge in [-0.15, -0.1) is 0 Å². The van der Waals surface area contributed by atoms with Crippen LogP contribution in [0.3, 0.4) is 0 Å². The van der Waals surface area contributed by atoms with Crippen molar-refractivity contribution in [2.24, 2.45) is 5.73 Å². The van der Waals surface area contributed by atoms with Crippen LogP contribution in [0.4, 0.5) is 22.0 Å². The monoisotopic (exact) mass is 476 g/mol. The van der Waals surface area contributed by atoms with E-state index in [-0.39, 0.29) is 16.0 Å². The highest BCUT2D eigenvalue weighted by Gasteiger charge is 2.61. The minimum Gasteiger partial charge on any atom is -0.493 e. The predicted octanol–water partition coefficient (Wildman–Crippen LogP) is 2.33. The number of rotatable bonds is 5. The number of nitrogens with zero attached hydrogens (tertiary/aromatic N) is 1. The molecular weight excluding hydrogens is 457 g/mol. The molecule has 0 bridgehead atoms. The highest BCUT2D eigenvalue weighted by molar-refractivity contribution is 5.86. The molecule has 0 spiro atoms. The molecule has 178 valence electrons. The molecule has 0 aromatic heterocycles. The van der Waals surface area contributed by atoms with Gasteiger partial charge in [0.15, 0.2) is 17.2 Å². The number of nitrogens with two attached hydrogens (primary N) is 1. The average Bonchev–Trinajstić information content (AvgIpc) is 3.10. The zero-order valence-electron chi connectivity index (χ0n) is 17.3. The third-order valence-electron chi connectivity index (χ3n) is 5.48. The topological polar surface area (TPSA) is 111 Å². The number of carbonyl (C=O) groups is 2. The van der Waals surface area contributed by atoms with Crippen molar-refractivity contribution >= 4 is 11.8 Å². The largest absolute Gasteiger partial charge is 0.493 e. The standard InChI is InChI=1S/C20H18F5N3O5/c1-19(20(23,24)25)8-11(10-3-4-12(21)14(22)15(10)32-2)16(33-19)18(30)27-9-5-6-28(31)13(7-9)17(26)29/h3-7,11,13,16H,8H2,1-2H3,(H2-,26,27,29,30)/p+1/t11-,13-,16?,19-/m1/s1. The van der Waals surface area contributed by atoms with Crippen molar-refractivity contribution in [2.45, 2.75) is 43.2 Å². The van der Waals surface area contributed by atoms with Crippen LogP contribution in [0.2, 0.25) is 0 Å². The van der Waals surface area contributed by atoms with E-state index in [9.17, 15) is 36.4 Å². The normalized spacial score (nSPS) is 27.3. The quantitative estimate of drug-likeness (QED) is 0.501. The molecule has 2 heterocycles. The van der Waals surface area contributed by atoms with E-state index in [1.165, 1.54) is 0 Å². The van der Waals surface area contributed by atoms with Crippen molar-refractivity contribution in [2.75, 3.05) is 7.11 Å². The first-order chi connectivity index (χ1) is 15.3. The first-order valence-corrected chi connectivity index (χ1v) is 9.51. The van der Waals surface area contributed by atoms with Crippen LogP contribution >= 0.6 is 0 Å². The van der Waals surface area contributed by atoms with Crippen LogP contribution in [0, 0.1) is 16.5 Å². The van der Waals surface area contributed by atoms with E-state index in [1.807, 2.05) is 0 Å². The summed E-state index contributed by atoms with van der Waals surface area (Å²) in [5, 5.41) is 2.28. The van der Waals surface area contributed by atoms with Crippen molar-refractivity contribution < 1.29 is 45.8 Å². The Kier molecular flexibility index (Phi) is 6.29. The Morgan fingerprint density at radius 3 is 2.55 bits per heavy atom. The maximum Gasteiger partial charge on any atom is 0.417 e. The molecule has 2 amide bonds. The number of primary amides is 1. The van der Waals surface area contributed by atoms with E-state index in [4.69, 9.17) is 15.2 Å². The lowest BCUT2D eigenvalue weighted by Gasteiger charge is -2.27. The molecule has 4 atom stereocenters. The van der Waals surface area contributed by atoms with E-state index in [0.29, 0.717) is 6.07 Å². The minimum atomic E-state index is -4.89. The fraction of sp³-hybridized carbons (Fsp3) is 0.400. The van der Waals surface area contributed by atoms with Gasteiger partial charge in [0.1, 0.15) is 6.10 Å². The average molecular weight is 476 g/mol. The van der Waals surface area contributed by atoms with Gasteiger partial charge in [-0.1, -0.05) is 6.07 Å². The number of halogens is 5. The Bertz CT molecular complexity index is 1070. The molecule has 3 N–H and O–H groups in total. The second kappa shape index (κ2) is 8.54. The molecule has 0 aliphatic carbocycles. The van der Waals surface area contributed by atoms with E-state index in [2.05, 4.69) is 5.32 Å². The Balaban J connectivity index is 1.99. The number of nitrogens with one attached hydrogen (secondary N) is 1. The first-order valence-electron chi connectivity index (χ1n) is 9.51. The van der Waals surface area contributed by atoms with Crippen LogP contribution < -0.4 is 15.8 Å². The third kappa shape index (κ3) is 4.45. The smallest absolute Gasteiger partial charge is 0.417 e. The number of allylic oxidation sites excluding steroid dienone is 1.